The molecule has 0 radical (unpaired) electrons. The van der Waals surface area contributed by atoms with Crippen molar-refractivity contribution in [3.8, 4) is 5.75 Å². The third kappa shape index (κ3) is 4.71. The summed E-state index contributed by atoms with van der Waals surface area (Å²) in [6.45, 7) is 0.815. The first-order chi connectivity index (χ1) is 14.9. The van der Waals surface area contributed by atoms with Crippen molar-refractivity contribution >= 4 is 27.6 Å². The quantitative estimate of drug-likeness (QED) is 0.614. The van der Waals surface area contributed by atoms with Gasteiger partial charge in [-0.15, -0.1) is 0 Å². The molecule has 10 heteroatoms. The summed E-state index contributed by atoms with van der Waals surface area (Å²) >= 11 is 0. The Bertz CT molecular complexity index is 1080. The Morgan fingerprint density at radius 1 is 1.06 bits per heavy atom. The topological polar surface area (TPSA) is 102 Å². The lowest BCUT2D eigenvalue weighted by molar-refractivity contribution is -0.144. The minimum absolute atomic E-state index is 0.106. The van der Waals surface area contributed by atoms with E-state index in [1.807, 2.05) is 0 Å². The first-order valence-electron chi connectivity index (χ1n) is 9.80. The maximum atomic E-state index is 12.8. The van der Waals surface area contributed by atoms with Crippen molar-refractivity contribution in [2.75, 3.05) is 44.4 Å². The van der Waals surface area contributed by atoms with Crippen LogP contribution in [0, 0.1) is 0 Å². The van der Waals surface area contributed by atoms with Gasteiger partial charge in [0.15, 0.2) is 6.61 Å². The summed E-state index contributed by atoms with van der Waals surface area (Å²) in [6, 6.07) is 13.2. The van der Waals surface area contributed by atoms with Crippen molar-refractivity contribution in [1.29, 1.82) is 0 Å². The van der Waals surface area contributed by atoms with Crippen molar-refractivity contribution in [3.05, 3.63) is 54.1 Å². The van der Waals surface area contributed by atoms with Crippen LogP contribution in [0.5, 0.6) is 5.75 Å². The monoisotopic (exact) mass is 446 g/mol. The van der Waals surface area contributed by atoms with Gasteiger partial charge in [-0.05, 0) is 29.8 Å². The smallest absolute Gasteiger partial charge is 0.326 e. The zero-order valence-corrected chi connectivity index (χ0v) is 17.5. The van der Waals surface area contributed by atoms with Gasteiger partial charge in [0.1, 0.15) is 18.9 Å². The van der Waals surface area contributed by atoms with Gasteiger partial charge >= 0.3 is 5.97 Å². The molecule has 31 heavy (non-hydrogen) atoms. The van der Waals surface area contributed by atoms with E-state index in [-0.39, 0.29) is 30.6 Å². The molecule has 2 aliphatic rings. The molecule has 0 atom stereocenters. The van der Waals surface area contributed by atoms with Crippen molar-refractivity contribution in [3.63, 3.8) is 0 Å². The second-order valence-electron chi connectivity index (χ2n) is 7.06. The number of para-hydroxylation sites is 2. The molecule has 2 aliphatic heterocycles. The molecule has 2 aromatic rings. The second kappa shape index (κ2) is 9.04. The molecular weight excluding hydrogens is 424 g/mol. The van der Waals surface area contributed by atoms with Crippen LogP contribution < -0.4 is 9.64 Å². The number of esters is 1. The molecule has 0 aromatic heterocycles. The maximum absolute atomic E-state index is 12.8. The van der Waals surface area contributed by atoms with Gasteiger partial charge in [-0.25, -0.2) is 8.42 Å². The molecule has 1 amide bonds. The number of nitrogens with zero attached hydrogens (tertiary/aromatic N) is 2. The van der Waals surface area contributed by atoms with Crippen LogP contribution in [-0.2, 0) is 35.7 Å². The molecule has 0 saturated carbocycles. The molecule has 0 spiro atoms. The first-order valence-corrected chi connectivity index (χ1v) is 11.2. The summed E-state index contributed by atoms with van der Waals surface area (Å²) < 4.78 is 42.9. The molecule has 4 rings (SSSR count). The van der Waals surface area contributed by atoms with E-state index in [2.05, 4.69) is 0 Å². The van der Waals surface area contributed by atoms with Crippen molar-refractivity contribution in [2.24, 2.45) is 0 Å². The third-order valence-electron chi connectivity index (χ3n) is 5.00. The Morgan fingerprint density at radius 3 is 2.65 bits per heavy atom. The highest BCUT2D eigenvalue weighted by Crippen LogP contribution is 2.31. The molecule has 0 bridgehead atoms. The zero-order chi connectivity index (χ0) is 21.8. The van der Waals surface area contributed by atoms with Crippen molar-refractivity contribution in [2.45, 2.75) is 11.5 Å². The Labute approximate surface area is 180 Å². The highest BCUT2D eigenvalue weighted by atomic mass is 32.2. The van der Waals surface area contributed by atoms with Gasteiger partial charge in [0, 0.05) is 13.1 Å². The lowest BCUT2D eigenvalue weighted by Crippen LogP contribution is -2.42. The summed E-state index contributed by atoms with van der Waals surface area (Å²) in [6.07, 6.45) is 0. The van der Waals surface area contributed by atoms with Crippen LogP contribution in [0.2, 0.25) is 0 Å². The van der Waals surface area contributed by atoms with Gasteiger partial charge in [0.05, 0.1) is 23.8 Å². The van der Waals surface area contributed by atoms with Crippen LogP contribution in [-0.4, -0.2) is 64.1 Å². The zero-order valence-electron chi connectivity index (χ0n) is 16.7. The standard InChI is InChI=1S/C21H22N2O7S/c24-20-15-29-19-7-2-1-6-18(19)23(20)13-21(25)30-14-16-4-3-5-17(12-16)31(26,27)22-8-10-28-11-9-22/h1-7,12H,8-11,13-15H2. The van der Waals surface area contributed by atoms with Gasteiger partial charge in [-0.3, -0.25) is 14.5 Å². The minimum atomic E-state index is -3.64. The van der Waals surface area contributed by atoms with E-state index >= 15 is 0 Å². The Morgan fingerprint density at radius 2 is 1.84 bits per heavy atom. The number of rotatable bonds is 6. The number of morpholine rings is 1. The van der Waals surface area contributed by atoms with Gasteiger partial charge in [0.25, 0.3) is 5.91 Å². The fourth-order valence-corrected chi connectivity index (χ4v) is 4.88. The van der Waals surface area contributed by atoms with E-state index in [0.29, 0.717) is 43.3 Å². The van der Waals surface area contributed by atoms with Crippen LogP contribution in [0.15, 0.2) is 53.4 Å². The van der Waals surface area contributed by atoms with Crippen LogP contribution in [0.4, 0.5) is 5.69 Å². The van der Waals surface area contributed by atoms with E-state index in [1.165, 1.54) is 21.3 Å². The number of ether oxygens (including phenoxy) is 3. The average Bonchev–Trinajstić information content (AvgIpc) is 2.80. The molecule has 9 nitrogen and oxygen atoms in total. The largest absolute Gasteiger partial charge is 0.482 e. The highest BCUT2D eigenvalue weighted by molar-refractivity contribution is 7.89. The van der Waals surface area contributed by atoms with Gasteiger partial charge < -0.3 is 14.2 Å². The molecule has 0 N–H and O–H groups in total. The fraction of sp³-hybridized carbons (Fsp3) is 0.333. The predicted octanol–water partition coefficient (Wildman–Crippen LogP) is 1.18. The van der Waals surface area contributed by atoms with Crippen molar-refractivity contribution in [1.82, 2.24) is 4.31 Å². The van der Waals surface area contributed by atoms with E-state index in [9.17, 15) is 18.0 Å². The predicted molar refractivity (Wildman–Crippen MR) is 110 cm³/mol. The molecular formula is C21H22N2O7S. The number of amides is 1. The van der Waals surface area contributed by atoms with Crippen LogP contribution >= 0.6 is 0 Å². The van der Waals surface area contributed by atoms with Gasteiger partial charge in [-0.2, -0.15) is 4.31 Å². The molecule has 1 saturated heterocycles. The number of fused-ring (bicyclic) bond motifs is 1. The summed E-state index contributed by atoms with van der Waals surface area (Å²) in [5.41, 5.74) is 1.05. The van der Waals surface area contributed by atoms with E-state index < -0.39 is 16.0 Å². The summed E-state index contributed by atoms with van der Waals surface area (Å²) in [5, 5.41) is 0. The van der Waals surface area contributed by atoms with Gasteiger partial charge in [-0.1, -0.05) is 24.3 Å². The first kappa shape index (κ1) is 21.3. The maximum Gasteiger partial charge on any atom is 0.326 e. The normalized spacial score (nSPS) is 17.0. The Balaban J connectivity index is 1.40. The number of carbonyl (C=O) groups is 2. The molecule has 0 aliphatic carbocycles. The van der Waals surface area contributed by atoms with Gasteiger partial charge in [0.2, 0.25) is 10.0 Å². The average molecular weight is 446 g/mol. The SMILES string of the molecule is O=C(CN1C(=O)COc2ccccc21)OCc1cccc(S(=O)(=O)N2CCOCC2)c1. The number of anilines is 1. The molecule has 164 valence electrons. The molecule has 0 unspecified atom stereocenters. The summed E-state index contributed by atoms with van der Waals surface area (Å²) in [4.78, 5) is 26.0. The number of carbonyl (C=O) groups excluding carboxylic acids is 2. The number of benzene rings is 2. The van der Waals surface area contributed by atoms with E-state index in [0.717, 1.165) is 0 Å². The Kier molecular flexibility index (Phi) is 6.21. The molecule has 1 fully saturated rings. The van der Waals surface area contributed by atoms with Crippen LogP contribution in [0.1, 0.15) is 5.56 Å². The summed E-state index contributed by atoms with van der Waals surface area (Å²) in [7, 11) is -3.64. The Hall–Kier alpha value is -2.95. The summed E-state index contributed by atoms with van der Waals surface area (Å²) in [5.74, 6) is -0.420. The molecule has 2 aromatic carbocycles. The minimum Gasteiger partial charge on any atom is -0.482 e. The van der Waals surface area contributed by atoms with Crippen LogP contribution in [0.3, 0.4) is 0 Å². The highest BCUT2D eigenvalue weighted by Gasteiger charge is 2.28. The lowest BCUT2D eigenvalue weighted by atomic mass is 10.2. The number of sulfonamides is 1. The third-order valence-corrected chi connectivity index (χ3v) is 6.90. The van der Waals surface area contributed by atoms with Crippen molar-refractivity contribution < 1.29 is 32.2 Å². The van der Waals surface area contributed by atoms with Crippen LogP contribution in [0.25, 0.3) is 0 Å². The van der Waals surface area contributed by atoms with E-state index in [4.69, 9.17) is 14.2 Å². The second-order valence-corrected chi connectivity index (χ2v) is 9.00. The number of hydrogen-bond acceptors (Lipinski definition) is 7. The number of hydrogen-bond donors (Lipinski definition) is 0. The lowest BCUT2D eigenvalue weighted by Gasteiger charge is -2.28. The fourth-order valence-electron chi connectivity index (χ4n) is 3.40. The van der Waals surface area contributed by atoms with E-state index in [1.54, 1.807) is 36.4 Å². The molecule has 2 heterocycles.